The monoisotopic (exact) mass is 262 g/mol. The van der Waals surface area contributed by atoms with Crippen molar-refractivity contribution >= 4 is 17.2 Å². The molecule has 1 N–H and O–H groups in total. The zero-order valence-corrected chi connectivity index (χ0v) is 11.2. The summed E-state index contributed by atoms with van der Waals surface area (Å²) >= 11 is 1.76. The summed E-state index contributed by atoms with van der Waals surface area (Å²) < 4.78 is 0. The van der Waals surface area contributed by atoms with Gasteiger partial charge in [0.05, 0.1) is 5.54 Å². The predicted molar refractivity (Wildman–Crippen MR) is 71.3 cm³/mol. The lowest BCUT2D eigenvalue weighted by atomic mass is 9.98. The SMILES string of the molecule is O=C1N(C2CC2)C(c2cccs2)NC12CCCC2. The molecule has 4 heteroatoms. The first kappa shape index (κ1) is 11.0. The molecule has 2 aliphatic carbocycles. The second-order valence-corrected chi connectivity index (χ2v) is 6.77. The Morgan fingerprint density at radius 3 is 2.72 bits per heavy atom. The van der Waals surface area contributed by atoms with Crippen molar-refractivity contribution in [3.8, 4) is 0 Å². The van der Waals surface area contributed by atoms with E-state index in [9.17, 15) is 4.79 Å². The molecule has 1 unspecified atom stereocenters. The summed E-state index contributed by atoms with van der Waals surface area (Å²) in [5.41, 5.74) is -0.225. The van der Waals surface area contributed by atoms with Crippen molar-refractivity contribution < 1.29 is 4.79 Å². The number of nitrogens with one attached hydrogen (secondary N) is 1. The van der Waals surface area contributed by atoms with E-state index in [1.807, 2.05) is 0 Å². The maximum absolute atomic E-state index is 12.8. The number of thiophene rings is 1. The molecule has 1 aromatic rings. The highest BCUT2D eigenvalue weighted by Gasteiger charge is 2.56. The predicted octanol–water partition coefficient (Wildman–Crippen LogP) is 2.65. The Balaban J connectivity index is 1.71. The van der Waals surface area contributed by atoms with E-state index in [1.165, 1.54) is 30.6 Å². The van der Waals surface area contributed by atoms with E-state index < -0.39 is 0 Å². The summed E-state index contributed by atoms with van der Waals surface area (Å²) in [6.07, 6.45) is 6.94. The Hall–Kier alpha value is -0.870. The largest absolute Gasteiger partial charge is 0.317 e. The van der Waals surface area contributed by atoms with Crippen LogP contribution in [0.5, 0.6) is 0 Å². The molecule has 2 heterocycles. The normalized spacial score (nSPS) is 30.6. The van der Waals surface area contributed by atoms with Crippen LogP contribution in [-0.4, -0.2) is 22.4 Å². The highest BCUT2D eigenvalue weighted by atomic mass is 32.1. The van der Waals surface area contributed by atoms with Crippen molar-refractivity contribution in [3.63, 3.8) is 0 Å². The van der Waals surface area contributed by atoms with E-state index in [1.54, 1.807) is 11.3 Å². The zero-order chi connectivity index (χ0) is 12.2. The van der Waals surface area contributed by atoms with Crippen LogP contribution in [0.4, 0.5) is 0 Å². The van der Waals surface area contributed by atoms with Gasteiger partial charge in [0.2, 0.25) is 5.91 Å². The first-order chi connectivity index (χ1) is 8.80. The molecule has 4 rings (SSSR count). The molecule has 2 saturated carbocycles. The summed E-state index contributed by atoms with van der Waals surface area (Å²) in [6, 6.07) is 4.73. The first-order valence-electron chi connectivity index (χ1n) is 6.94. The van der Waals surface area contributed by atoms with Crippen molar-refractivity contribution in [2.75, 3.05) is 0 Å². The molecule has 18 heavy (non-hydrogen) atoms. The van der Waals surface area contributed by atoms with Crippen LogP contribution in [-0.2, 0) is 4.79 Å². The minimum atomic E-state index is -0.225. The Morgan fingerprint density at radius 2 is 2.11 bits per heavy atom. The molecule has 0 aromatic carbocycles. The molecular weight excluding hydrogens is 244 g/mol. The molecule has 0 radical (unpaired) electrons. The highest BCUT2D eigenvalue weighted by molar-refractivity contribution is 7.10. The fourth-order valence-corrected chi connectivity index (χ4v) is 4.25. The van der Waals surface area contributed by atoms with Gasteiger partial charge in [-0.1, -0.05) is 18.9 Å². The fraction of sp³-hybridized carbons (Fsp3) is 0.643. The van der Waals surface area contributed by atoms with Gasteiger partial charge in [-0.15, -0.1) is 11.3 Å². The molecule has 1 atom stereocenters. The minimum Gasteiger partial charge on any atom is -0.317 e. The van der Waals surface area contributed by atoms with Gasteiger partial charge in [0, 0.05) is 10.9 Å². The van der Waals surface area contributed by atoms with E-state index in [0.29, 0.717) is 11.9 Å². The van der Waals surface area contributed by atoms with Crippen LogP contribution >= 0.6 is 11.3 Å². The van der Waals surface area contributed by atoms with Crippen molar-refractivity contribution in [2.24, 2.45) is 0 Å². The number of carbonyl (C=O) groups excluding carboxylic acids is 1. The molecule has 1 saturated heterocycles. The van der Waals surface area contributed by atoms with Crippen LogP contribution in [0.15, 0.2) is 17.5 Å². The lowest BCUT2D eigenvalue weighted by Gasteiger charge is -2.22. The Bertz CT molecular complexity index is 460. The first-order valence-corrected chi connectivity index (χ1v) is 7.82. The second-order valence-electron chi connectivity index (χ2n) is 5.80. The average molecular weight is 262 g/mol. The lowest BCUT2D eigenvalue weighted by Crippen LogP contribution is -2.44. The summed E-state index contributed by atoms with van der Waals surface area (Å²) in [5.74, 6) is 0.376. The Kier molecular flexibility index (Phi) is 2.33. The van der Waals surface area contributed by atoms with Gasteiger partial charge in [-0.2, -0.15) is 0 Å². The third-order valence-corrected chi connectivity index (χ3v) is 5.47. The molecule has 3 aliphatic rings. The summed E-state index contributed by atoms with van der Waals surface area (Å²) in [7, 11) is 0. The smallest absolute Gasteiger partial charge is 0.244 e. The number of hydrogen-bond donors (Lipinski definition) is 1. The van der Waals surface area contributed by atoms with Crippen molar-refractivity contribution in [2.45, 2.75) is 56.3 Å². The van der Waals surface area contributed by atoms with Crippen molar-refractivity contribution in [1.29, 1.82) is 0 Å². The number of carbonyl (C=O) groups is 1. The average Bonchev–Trinajstić information content (AvgIpc) is 2.85. The van der Waals surface area contributed by atoms with Gasteiger partial charge in [0.1, 0.15) is 6.17 Å². The molecule has 1 spiro atoms. The fourth-order valence-electron chi connectivity index (χ4n) is 3.48. The van der Waals surface area contributed by atoms with Gasteiger partial charge in [-0.05, 0) is 37.1 Å². The summed E-state index contributed by atoms with van der Waals surface area (Å²) in [5, 5.41) is 5.78. The molecule has 3 fully saturated rings. The highest BCUT2D eigenvalue weighted by Crippen LogP contribution is 2.46. The van der Waals surface area contributed by atoms with Gasteiger partial charge in [-0.25, -0.2) is 0 Å². The van der Waals surface area contributed by atoms with Crippen molar-refractivity contribution in [3.05, 3.63) is 22.4 Å². The number of rotatable bonds is 2. The molecule has 1 aliphatic heterocycles. The summed E-state index contributed by atoms with van der Waals surface area (Å²) in [6.45, 7) is 0. The summed E-state index contributed by atoms with van der Waals surface area (Å²) in [4.78, 5) is 16.2. The van der Waals surface area contributed by atoms with Gasteiger partial charge in [0.25, 0.3) is 0 Å². The molecule has 0 bridgehead atoms. The van der Waals surface area contributed by atoms with E-state index >= 15 is 0 Å². The van der Waals surface area contributed by atoms with E-state index in [-0.39, 0.29) is 11.7 Å². The second kappa shape index (κ2) is 3.81. The third-order valence-electron chi connectivity index (χ3n) is 4.55. The van der Waals surface area contributed by atoms with E-state index in [0.717, 1.165) is 12.8 Å². The van der Waals surface area contributed by atoms with Gasteiger partial charge >= 0.3 is 0 Å². The number of amides is 1. The van der Waals surface area contributed by atoms with Crippen LogP contribution < -0.4 is 5.32 Å². The molecule has 3 nitrogen and oxygen atoms in total. The number of hydrogen-bond acceptors (Lipinski definition) is 3. The standard InChI is InChI=1S/C14H18N2OS/c17-13-14(7-1-2-8-14)15-12(11-4-3-9-18-11)16(13)10-5-6-10/h3-4,9-10,12,15H,1-2,5-8H2. The maximum Gasteiger partial charge on any atom is 0.244 e. The Labute approximate surface area is 111 Å². The van der Waals surface area contributed by atoms with Gasteiger partial charge in [0.15, 0.2) is 0 Å². The quantitative estimate of drug-likeness (QED) is 0.888. The van der Waals surface area contributed by atoms with E-state index in [4.69, 9.17) is 0 Å². The van der Waals surface area contributed by atoms with Crippen LogP contribution in [0.2, 0.25) is 0 Å². The Morgan fingerprint density at radius 1 is 1.33 bits per heavy atom. The molecular formula is C14H18N2OS. The molecule has 1 amide bonds. The molecule has 1 aromatic heterocycles. The third kappa shape index (κ3) is 1.48. The van der Waals surface area contributed by atoms with Gasteiger partial charge in [-0.3, -0.25) is 10.1 Å². The van der Waals surface area contributed by atoms with Crippen LogP contribution in [0, 0.1) is 0 Å². The van der Waals surface area contributed by atoms with Crippen LogP contribution in [0.3, 0.4) is 0 Å². The maximum atomic E-state index is 12.8. The topological polar surface area (TPSA) is 32.3 Å². The van der Waals surface area contributed by atoms with Crippen LogP contribution in [0.1, 0.15) is 49.6 Å². The number of nitrogens with zero attached hydrogens (tertiary/aromatic N) is 1. The van der Waals surface area contributed by atoms with Gasteiger partial charge < -0.3 is 4.90 Å². The molecule has 96 valence electrons. The van der Waals surface area contributed by atoms with Crippen LogP contribution in [0.25, 0.3) is 0 Å². The lowest BCUT2D eigenvalue weighted by molar-refractivity contribution is -0.133. The van der Waals surface area contributed by atoms with E-state index in [2.05, 4.69) is 27.7 Å². The minimum absolute atomic E-state index is 0.142. The zero-order valence-electron chi connectivity index (χ0n) is 10.4. The van der Waals surface area contributed by atoms with Crippen molar-refractivity contribution in [1.82, 2.24) is 10.2 Å².